The highest BCUT2D eigenvalue weighted by molar-refractivity contribution is 5.80. The van der Waals surface area contributed by atoms with Crippen LogP contribution in [0, 0.1) is 0 Å². The van der Waals surface area contributed by atoms with Crippen LogP contribution in [0.1, 0.15) is 13.3 Å². The maximum atomic E-state index is 11.1. The summed E-state index contributed by atoms with van der Waals surface area (Å²) in [5, 5.41) is 17.9. The predicted molar refractivity (Wildman–Crippen MR) is 38.9 cm³/mol. The van der Waals surface area contributed by atoms with E-state index in [1.807, 2.05) is 0 Å². The highest BCUT2D eigenvalue weighted by Crippen LogP contribution is 2.09. The van der Waals surface area contributed by atoms with Crippen LogP contribution in [-0.2, 0) is 4.79 Å². The fraction of sp³-hybridized carbons (Fsp3) is 0.857. The lowest BCUT2D eigenvalue weighted by molar-refractivity contribution is -0.138. The molecule has 11 heavy (non-hydrogen) atoms. The second-order valence-corrected chi connectivity index (χ2v) is 2.90. The van der Waals surface area contributed by atoms with Crippen molar-refractivity contribution >= 4 is 5.91 Å². The summed E-state index contributed by atoms with van der Waals surface area (Å²) in [7, 11) is 0. The number of likely N-dealkylation sites (tertiary alicyclic amines) is 1. The number of nitrogens with zero attached hydrogens (tertiary/aromatic N) is 1. The van der Waals surface area contributed by atoms with Crippen molar-refractivity contribution in [2.75, 3.05) is 13.1 Å². The smallest absolute Gasteiger partial charge is 0.251 e. The third kappa shape index (κ3) is 1.91. The van der Waals surface area contributed by atoms with Crippen LogP contribution in [0.3, 0.4) is 0 Å². The van der Waals surface area contributed by atoms with E-state index in [4.69, 9.17) is 10.2 Å². The second-order valence-electron chi connectivity index (χ2n) is 2.90. The van der Waals surface area contributed by atoms with E-state index in [2.05, 4.69) is 0 Å². The molecule has 4 heteroatoms. The van der Waals surface area contributed by atoms with Gasteiger partial charge in [0.1, 0.15) is 6.10 Å². The molecule has 2 N–H and O–H groups in total. The van der Waals surface area contributed by atoms with Crippen LogP contribution >= 0.6 is 0 Å². The minimum absolute atomic E-state index is 0.290. The molecular formula is C7H13NO3. The van der Waals surface area contributed by atoms with Crippen molar-refractivity contribution in [3.63, 3.8) is 0 Å². The molecule has 64 valence electrons. The van der Waals surface area contributed by atoms with E-state index >= 15 is 0 Å². The van der Waals surface area contributed by atoms with E-state index in [1.54, 1.807) is 0 Å². The molecule has 0 aromatic carbocycles. The lowest BCUT2D eigenvalue weighted by Gasteiger charge is -2.16. The summed E-state index contributed by atoms with van der Waals surface area (Å²) in [6.45, 7) is 2.36. The molecule has 0 aliphatic carbocycles. The molecule has 0 radical (unpaired) electrons. The summed E-state index contributed by atoms with van der Waals surface area (Å²) in [5.74, 6) is -0.290. The van der Waals surface area contributed by atoms with Gasteiger partial charge in [-0.2, -0.15) is 0 Å². The molecule has 2 atom stereocenters. The molecule has 1 fully saturated rings. The molecule has 0 aromatic rings. The highest BCUT2D eigenvalue weighted by atomic mass is 16.3. The number of hydrogen-bond donors (Lipinski definition) is 2. The minimum Gasteiger partial charge on any atom is -0.391 e. The molecule has 1 aliphatic heterocycles. The van der Waals surface area contributed by atoms with E-state index in [0.29, 0.717) is 19.5 Å². The van der Waals surface area contributed by atoms with Crippen LogP contribution in [0.25, 0.3) is 0 Å². The predicted octanol–water partition coefficient (Wildman–Crippen LogP) is -1.04. The van der Waals surface area contributed by atoms with Crippen molar-refractivity contribution in [3.8, 4) is 0 Å². The maximum absolute atomic E-state index is 11.1. The maximum Gasteiger partial charge on any atom is 0.251 e. The van der Waals surface area contributed by atoms with Crippen LogP contribution in [-0.4, -0.2) is 46.3 Å². The van der Waals surface area contributed by atoms with Crippen molar-refractivity contribution in [3.05, 3.63) is 0 Å². The first-order valence-electron chi connectivity index (χ1n) is 3.76. The third-order valence-corrected chi connectivity index (χ3v) is 1.83. The van der Waals surface area contributed by atoms with Gasteiger partial charge in [0.25, 0.3) is 5.91 Å². The molecule has 0 saturated carbocycles. The average Bonchev–Trinajstić information content (AvgIpc) is 2.34. The van der Waals surface area contributed by atoms with Crippen LogP contribution < -0.4 is 0 Å². The van der Waals surface area contributed by atoms with Gasteiger partial charge in [-0.25, -0.2) is 0 Å². The van der Waals surface area contributed by atoms with Crippen LogP contribution in [0.5, 0.6) is 0 Å². The minimum atomic E-state index is -0.944. The Morgan fingerprint density at radius 3 is 2.73 bits per heavy atom. The molecule has 0 aromatic heterocycles. The molecule has 1 aliphatic rings. The Morgan fingerprint density at radius 2 is 2.36 bits per heavy atom. The first kappa shape index (κ1) is 8.49. The quantitative estimate of drug-likeness (QED) is 0.514. The summed E-state index contributed by atoms with van der Waals surface area (Å²) < 4.78 is 0. The van der Waals surface area contributed by atoms with Crippen molar-refractivity contribution in [2.24, 2.45) is 0 Å². The molecule has 1 heterocycles. The van der Waals surface area contributed by atoms with Crippen LogP contribution in [0.15, 0.2) is 0 Å². The van der Waals surface area contributed by atoms with Gasteiger partial charge in [0.15, 0.2) is 0 Å². The molecule has 4 nitrogen and oxygen atoms in total. The monoisotopic (exact) mass is 159 g/mol. The Hall–Kier alpha value is -0.610. The lowest BCUT2D eigenvalue weighted by Crippen LogP contribution is -2.36. The Kier molecular flexibility index (Phi) is 2.46. The normalized spacial score (nSPS) is 27.2. The Bertz CT molecular complexity index is 158. The van der Waals surface area contributed by atoms with E-state index in [1.165, 1.54) is 11.8 Å². The first-order chi connectivity index (χ1) is 5.11. The first-order valence-corrected chi connectivity index (χ1v) is 3.76. The van der Waals surface area contributed by atoms with Gasteiger partial charge in [0.05, 0.1) is 6.10 Å². The zero-order valence-corrected chi connectivity index (χ0v) is 6.53. The van der Waals surface area contributed by atoms with Gasteiger partial charge in [-0.1, -0.05) is 0 Å². The standard InChI is InChI=1S/C7H13NO3/c1-5(9)7(11)8-3-2-6(10)4-8/h5-6,9-10H,2-4H2,1H3. The van der Waals surface area contributed by atoms with Gasteiger partial charge in [-0.15, -0.1) is 0 Å². The Morgan fingerprint density at radius 1 is 1.73 bits per heavy atom. The van der Waals surface area contributed by atoms with Crippen molar-refractivity contribution in [1.82, 2.24) is 4.90 Å². The SMILES string of the molecule is CC(O)C(=O)N1CCC(O)C1. The van der Waals surface area contributed by atoms with Crippen molar-refractivity contribution < 1.29 is 15.0 Å². The van der Waals surface area contributed by atoms with Crippen LogP contribution in [0.4, 0.5) is 0 Å². The summed E-state index contributed by atoms with van der Waals surface area (Å²) in [6.07, 6.45) is -0.726. The fourth-order valence-electron chi connectivity index (χ4n) is 1.21. The largest absolute Gasteiger partial charge is 0.391 e. The molecule has 1 rings (SSSR count). The Balaban J connectivity index is 2.43. The van der Waals surface area contributed by atoms with Gasteiger partial charge < -0.3 is 15.1 Å². The number of β-amino-alcohol motifs (C(OH)–C–C–N with tert-alkyl or cyclic N) is 1. The molecular weight excluding hydrogens is 146 g/mol. The topological polar surface area (TPSA) is 60.8 Å². The van der Waals surface area contributed by atoms with Gasteiger partial charge in [0, 0.05) is 13.1 Å². The van der Waals surface area contributed by atoms with Crippen LogP contribution in [0.2, 0.25) is 0 Å². The van der Waals surface area contributed by atoms with Gasteiger partial charge in [0.2, 0.25) is 0 Å². The summed E-state index contributed by atoms with van der Waals surface area (Å²) >= 11 is 0. The van der Waals surface area contributed by atoms with Crippen molar-refractivity contribution in [1.29, 1.82) is 0 Å². The van der Waals surface area contributed by atoms with Crippen molar-refractivity contribution in [2.45, 2.75) is 25.6 Å². The fourth-order valence-corrected chi connectivity index (χ4v) is 1.21. The number of aliphatic hydroxyl groups excluding tert-OH is 2. The van der Waals surface area contributed by atoms with E-state index in [-0.39, 0.29) is 5.91 Å². The van der Waals surface area contributed by atoms with Gasteiger partial charge in [-0.3, -0.25) is 4.79 Å². The number of hydrogen-bond acceptors (Lipinski definition) is 3. The molecule has 0 bridgehead atoms. The number of carbonyl (C=O) groups is 1. The highest BCUT2D eigenvalue weighted by Gasteiger charge is 2.26. The number of aliphatic hydroxyl groups is 2. The molecule has 0 spiro atoms. The van der Waals surface area contributed by atoms with E-state index in [9.17, 15) is 4.79 Å². The van der Waals surface area contributed by atoms with Gasteiger partial charge in [-0.05, 0) is 13.3 Å². The third-order valence-electron chi connectivity index (χ3n) is 1.83. The summed E-state index contributed by atoms with van der Waals surface area (Å²) in [6, 6.07) is 0. The molecule has 1 saturated heterocycles. The summed E-state index contributed by atoms with van der Waals surface area (Å²) in [4.78, 5) is 12.5. The molecule has 2 unspecified atom stereocenters. The van der Waals surface area contributed by atoms with E-state index in [0.717, 1.165) is 0 Å². The Labute approximate surface area is 65.4 Å². The number of carbonyl (C=O) groups excluding carboxylic acids is 1. The zero-order valence-electron chi connectivity index (χ0n) is 6.53. The number of rotatable bonds is 1. The molecule has 1 amide bonds. The lowest BCUT2D eigenvalue weighted by atomic mass is 10.3. The zero-order chi connectivity index (χ0) is 8.43. The average molecular weight is 159 g/mol. The van der Waals surface area contributed by atoms with E-state index < -0.39 is 12.2 Å². The van der Waals surface area contributed by atoms with Gasteiger partial charge >= 0.3 is 0 Å². The summed E-state index contributed by atoms with van der Waals surface area (Å²) in [5.41, 5.74) is 0. The second kappa shape index (κ2) is 3.19. The number of amides is 1.